The number of nitrogens with one attached hydrogen (secondary N) is 1. The molecule has 2 heterocycles. The van der Waals surface area contributed by atoms with E-state index in [0.29, 0.717) is 5.56 Å². The van der Waals surface area contributed by atoms with Crippen LogP contribution in [0.5, 0.6) is 11.5 Å². The van der Waals surface area contributed by atoms with E-state index in [-0.39, 0.29) is 30.1 Å². The first kappa shape index (κ1) is 13.9. The number of fused-ring (bicyclic) bond motifs is 3. The van der Waals surface area contributed by atoms with Crippen LogP contribution in [0.4, 0.5) is 11.4 Å². The molecule has 2 aliphatic heterocycles. The van der Waals surface area contributed by atoms with Gasteiger partial charge in [0.2, 0.25) is 0 Å². The van der Waals surface area contributed by atoms with Crippen molar-refractivity contribution in [3.63, 3.8) is 0 Å². The van der Waals surface area contributed by atoms with Gasteiger partial charge in [-0.25, -0.2) is 0 Å². The molecule has 0 radical (unpaired) electrons. The zero-order valence-corrected chi connectivity index (χ0v) is 12.4. The maximum atomic E-state index is 12.6. The minimum Gasteiger partial charge on any atom is -0.504 e. The maximum Gasteiger partial charge on any atom is 0.182 e. The highest BCUT2D eigenvalue weighted by Gasteiger charge is 2.39. The molecule has 1 fully saturated rings. The molecule has 0 bridgehead atoms. The Morgan fingerprint density at radius 1 is 1.13 bits per heavy atom. The second-order valence-corrected chi connectivity index (χ2v) is 5.76. The molecule has 0 amide bonds. The smallest absolute Gasteiger partial charge is 0.182 e. The lowest BCUT2D eigenvalue weighted by Crippen LogP contribution is -2.48. The molecule has 6 nitrogen and oxygen atoms in total. The molecule has 0 aromatic heterocycles. The third-order valence-corrected chi connectivity index (χ3v) is 4.38. The number of phenols is 2. The lowest BCUT2D eigenvalue weighted by atomic mass is 10.1. The van der Waals surface area contributed by atoms with Crippen LogP contribution in [0, 0.1) is 0 Å². The van der Waals surface area contributed by atoms with Crippen LogP contribution < -0.4 is 15.1 Å². The predicted molar refractivity (Wildman–Crippen MR) is 87.0 cm³/mol. The van der Waals surface area contributed by atoms with Crippen molar-refractivity contribution in [2.75, 3.05) is 29.4 Å². The fourth-order valence-corrected chi connectivity index (χ4v) is 3.27. The van der Waals surface area contributed by atoms with Crippen LogP contribution in [0.3, 0.4) is 0 Å². The second-order valence-electron chi connectivity index (χ2n) is 5.76. The Kier molecular flexibility index (Phi) is 3.12. The Morgan fingerprint density at radius 3 is 2.70 bits per heavy atom. The number of Topliss-reactive ketones (excluding diaryl/α,β-unsaturated/α-hetero) is 1. The summed E-state index contributed by atoms with van der Waals surface area (Å²) in [6.07, 6.45) is -0.0120. The highest BCUT2D eigenvalue weighted by molar-refractivity contribution is 6.01. The number of benzene rings is 2. The van der Waals surface area contributed by atoms with Crippen molar-refractivity contribution < 1.29 is 15.0 Å². The predicted octanol–water partition coefficient (Wildman–Crippen LogP) is 1.49. The van der Waals surface area contributed by atoms with Crippen molar-refractivity contribution in [3.05, 3.63) is 48.0 Å². The summed E-state index contributed by atoms with van der Waals surface area (Å²) in [5.74, 6) is -0.611. The first-order valence-corrected chi connectivity index (χ1v) is 7.56. The van der Waals surface area contributed by atoms with Gasteiger partial charge < -0.3 is 20.0 Å². The molecule has 0 spiro atoms. The van der Waals surface area contributed by atoms with E-state index in [2.05, 4.69) is 16.3 Å². The van der Waals surface area contributed by atoms with Gasteiger partial charge in [0.1, 0.15) is 0 Å². The molecule has 118 valence electrons. The van der Waals surface area contributed by atoms with Crippen LogP contribution in [0.1, 0.15) is 10.4 Å². The zero-order chi connectivity index (χ0) is 16.0. The van der Waals surface area contributed by atoms with Crippen molar-refractivity contribution in [2.45, 2.75) is 6.29 Å². The molecule has 23 heavy (non-hydrogen) atoms. The maximum absolute atomic E-state index is 12.6. The summed E-state index contributed by atoms with van der Waals surface area (Å²) in [6.45, 7) is 1.99. The molecule has 4 rings (SSSR count). The van der Waals surface area contributed by atoms with E-state index in [1.807, 2.05) is 23.1 Å². The van der Waals surface area contributed by atoms with Gasteiger partial charge in [-0.1, -0.05) is 12.1 Å². The lowest BCUT2D eigenvalue weighted by molar-refractivity contribution is 0.0996. The van der Waals surface area contributed by atoms with Gasteiger partial charge in [-0.2, -0.15) is 0 Å². The molecule has 1 unspecified atom stereocenters. The number of carbonyl (C=O) groups excluding carboxylic acids is 1. The number of ketones is 1. The summed E-state index contributed by atoms with van der Waals surface area (Å²) in [6, 6.07) is 12.2. The lowest BCUT2D eigenvalue weighted by Gasteiger charge is -2.26. The molecular formula is C17H17N3O3. The van der Waals surface area contributed by atoms with Crippen molar-refractivity contribution in [1.82, 2.24) is 5.32 Å². The first-order valence-electron chi connectivity index (χ1n) is 7.56. The zero-order valence-electron chi connectivity index (χ0n) is 12.4. The van der Waals surface area contributed by atoms with E-state index >= 15 is 0 Å². The van der Waals surface area contributed by atoms with Crippen LogP contribution in [-0.4, -0.2) is 41.9 Å². The van der Waals surface area contributed by atoms with Gasteiger partial charge in [-0.3, -0.25) is 10.1 Å². The molecule has 6 heteroatoms. The van der Waals surface area contributed by atoms with Crippen molar-refractivity contribution in [2.24, 2.45) is 0 Å². The van der Waals surface area contributed by atoms with Crippen LogP contribution in [-0.2, 0) is 0 Å². The molecule has 0 saturated carbocycles. The van der Waals surface area contributed by atoms with Crippen LogP contribution in [0.15, 0.2) is 42.5 Å². The van der Waals surface area contributed by atoms with Crippen LogP contribution in [0.2, 0.25) is 0 Å². The van der Waals surface area contributed by atoms with Gasteiger partial charge in [-0.15, -0.1) is 0 Å². The monoisotopic (exact) mass is 311 g/mol. The Labute approximate surface area is 133 Å². The summed E-state index contributed by atoms with van der Waals surface area (Å²) >= 11 is 0. The van der Waals surface area contributed by atoms with E-state index < -0.39 is 0 Å². The molecule has 2 aromatic rings. The second kappa shape index (κ2) is 5.17. The van der Waals surface area contributed by atoms with Gasteiger partial charge in [0.25, 0.3) is 0 Å². The number of carbonyl (C=O) groups is 1. The van der Waals surface area contributed by atoms with E-state index in [9.17, 15) is 15.0 Å². The van der Waals surface area contributed by atoms with Crippen LogP contribution in [0.25, 0.3) is 0 Å². The normalized spacial score (nSPS) is 18.9. The Morgan fingerprint density at radius 2 is 1.91 bits per heavy atom. The third-order valence-electron chi connectivity index (χ3n) is 4.38. The van der Waals surface area contributed by atoms with E-state index in [1.54, 1.807) is 0 Å². The minimum atomic E-state index is -0.279. The topological polar surface area (TPSA) is 76.0 Å². The van der Waals surface area contributed by atoms with Gasteiger partial charge in [-0.05, 0) is 30.3 Å². The van der Waals surface area contributed by atoms with Gasteiger partial charge >= 0.3 is 0 Å². The van der Waals surface area contributed by atoms with Gasteiger partial charge in [0, 0.05) is 18.7 Å². The number of anilines is 2. The minimum absolute atomic E-state index is 0.0120. The van der Waals surface area contributed by atoms with Crippen molar-refractivity contribution in [1.29, 1.82) is 0 Å². The molecule has 1 atom stereocenters. The number of phenolic OH excluding ortho intramolecular Hbond substituents is 2. The third kappa shape index (κ3) is 2.19. The molecule has 3 N–H and O–H groups in total. The number of para-hydroxylation sites is 2. The molecule has 1 saturated heterocycles. The molecular weight excluding hydrogens is 294 g/mol. The van der Waals surface area contributed by atoms with Crippen molar-refractivity contribution in [3.8, 4) is 11.5 Å². The highest BCUT2D eigenvalue weighted by Crippen LogP contribution is 2.39. The quantitative estimate of drug-likeness (QED) is 0.589. The van der Waals surface area contributed by atoms with Crippen molar-refractivity contribution >= 4 is 17.2 Å². The standard InChI is InChI=1S/C17H17N3O3/c21-14-6-5-11(9-15(14)22)16(23)10-20-13-4-2-1-3-12(13)19-8-7-18-17(19)20/h1-6,9,17-18,21-22H,7-8,10H2. The summed E-state index contributed by atoms with van der Waals surface area (Å²) in [5.41, 5.74) is 2.54. The summed E-state index contributed by atoms with van der Waals surface area (Å²) in [5, 5.41) is 22.4. The summed E-state index contributed by atoms with van der Waals surface area (Å²) in [7, 11) is 0. The number of hydrogen-bond donors (Lipinski definition) is 3. The summed E-state index contributed by atoms with van der Waals surface area (Å²) in [4.78, 5) is 16.9. The van der Waals surface area contributed by atoms with E-state index in [4.69, 9.17) is 0 Å². The van der Waals surface area contributed by atoms with E-state index in [0.717, 1.165) is 24.5 Å². The average molecular weight is 311 g/mol. The SMILES string of the molecule is O=C(CN1c2ccccc2N2CCNC21)c1ccc(O)c(O)c1. The van der Waals surface area contributed by atoms with Crippen LogP contribution >= 0.6 is 0 Å². The first-order chi connectivity index (χ1) is 11.1. The average Bonchev–Trinajstić information content (AvgIpc) is 3.13. The Hall–Kier alpha value is -2.73. The number of nitrogens with zero attached hydrogens (tertiary/aromatic N) is 2. The van der Waals surface area contributed by atoms with Gasteiger partial charge in [0.05, 0.1) is 17.9 Å². The number of rotatable bonds is 3. The molecule has 0 aliphatic carbocycles. The largest absolute Gasteiger partial charge is 0.504 e. The Balaban J connectivity index is 1.63. The van der Waals surface area contributed by atoms with E-state index in [1.165, 1.54) is 18.2 Å². The number of hydrogen-bond acceptors (Lipinski definition) is 6. The number of aromatic hydroxyl groups is 2. The summed E-state index contributed by atoms with van der Waals surface area (Å²) < 4.78 is 0. The highest BCUT2D eigenvalue weighted by atomic mass is 16.3. The fourth-order valence-electron chi connectivity index (χ4n) is 3.27. The molecule has 2 aromatic carbocycles. The Bertz CT molecular complexity index is 777. The fraction of sp³-hybridized carbons (Fsp3) is 0.235. The molecule has 2 aliphatic rings. The van der Waals surface area contributed by atoms with Gasteiger partial charge in [0.15, 0.2) is 23.6 Å².